The fourth-order valence-corrected chi connectivity index (χ4v) is 1.70. The van der Waals surface area contributed by atoms with E-state index in [1.807, 2.05) is 0 Å². The molecule has 0 spiro atoms. The van der Waals surface area contributed by atoms with Crippen LogP contribution < -0.4 is 0 Å². The van der Waals surface area contributed by atoms with E-state index in [-0.39, 0.29) is 0 Å². The number of halogens is 2. The average Bonchev–Trinajstić information content (AvgIpc) is 2.59. The smallest absolute Gasteiger partial charge is 0.183 e. The Morgan fingerprint density at radius 1 is 1.33 bits per heavy atom. The third-order valence-electron chi connectivity index (χ3n) is 1.80. The van der Waals surface area contributed by atoms with Gasteiger partial charge in [0.2, 0.25) is 0 Å². The van der Waals surface area contributed by atoms with Crippen molar-refractivity contribution in [3.63, 3.8) is 0 Å². The molecule has 6 heteroatoms. The highest BCUT2D eigenvalue weighted by Gasteiger charge is 2.17. The first-order valence-electron chi connectivity index (χ1n) is 4.07. The summed E-state index contributed by atoms with van der Waals surface area (Å²) < 4.78 is 6.57. The van der Waals surface area contributed by atoms with Crippen LogP contribution in [0.5, 0.6) is 0 Å². The summed E-state index contributed by atoms with van der Waals surface area (Å²) in [6, 6.07) is 1.68. The van der Waals surface area contributed by atoms with Gasteiger partial charge in [-0.2, -0.15) is 0 Å². The maximum atomic E-state index is 9.89. The van der Waals surface area contributed by atoms with Gasteiger partial charge in [-0.25, -0.2) is 0 Å². The molecule has 15 heavy (non-hydrogen) atoms. The van der Waals surface area contributed by atoms with Crippen molar-refractivity contribution < 1.29 is 9.52 Å². The van der Waals surface area contributed by atoms with Crippen LogP contribution in [-0.2, 0) is 0 Å². The number of nitrogens with zero attached hydrogens (tertiary/aromatic N) is 2. The molecule has 0 aromatic carbocycles. The van der Waals surface area contributed by atoms with Crippen LogP contribution in [0.3, 0.4) is 0 Å². The third-order valence-corrected chi connectivity index (χ3v) is 3.51. The molecule has 0 radical (unpaired) electrons. The van der Waals surface area contributed by atoms with Crippen LogP contribution in [0.15, 0.2) is 38.2 Å². The molecule has 1 N–H and O–H groups in total. The summed E-state index contributed by atoms with van der Waals surface area (Å²) in [4.78, 5) is 7.86. The van der Waals surface area contributed by atoms with Gasteiger partial charge in [-0.3, -0.25) is 9.97 Å². The molecule has 1 atom stereocenters. The first-order valence-corrected chi connectivity index (χ1v) is 5.66. The van der Waals surface area contributed by atoms with E-state index >= 15 is 0 Å². The average molecular weight is 334 g/mol. The molecule has 2 aromatic heterocycles. The van der Waals surface area contributed by atoms with E-state index in [0.29, 0.717) is 16.1 Å². The lowest BCUT2D eigenvalue weighted by Gasteiger charge is -2.04. The second-order valence-electron chi connectivity index (χ2n) is 2.80. The Morgan fingerprint density at radius 3 is 2.67 bits per heavy atom. The largest absolute Gasteiger partial charge is 0.450 e. The number of aliphatic hydroxyl groups is 1. The molecule has 2 rings (SSSR count). The summed E-state index contributed by atoms with van der Waals surface area (Å²) >= 11 is 6.47. The zero-order valence-electron chi connectivity index (χ0n) is 7.39. The molecule has 1 unspecified atom stereocenters. The van der Waals surface area contributed by atoms with Crippen molar-refractivity contribution in [1.82, 2.24) is 9.97 Å². The quantitative estimate of drug-likeness (QED) is 0.918. The van der Waals surface area contributed by atoms with Gasteiger partial charge in [0.1, 0.15) is 5.76 Å². The minimum absolute atomic E-state index is 0.411. The van der Waals surface area contributed by atoms with Crippen molar-refractivity contribution >= 4 is 31.9 Å². The molecular weight excluding hydrogens is 328 g/mol. The zero-order chi connectivity index (χ0) is 10.8. The lowest BCUT2D eigenvalue weighted by atomic mass is 10.2. The molecule has 0 saturated heterocycles. The van der Waals surface area contributed by atoms with E-state index in [9.17, 15) is 5.11 Å². The molecule has 0 bridgehead atoms. The maximum absolute atomic E-state index is 9.89. The van der Waals surface area contributed by atoms with Gasteiger partial charge in [-0.05, 0) is 37.9 Å². The summed E-state index contributed by atoms with van der Waals surface area (Å²) in [6.07, 6.45) is 3.66. The number of aromatic nitrogens is 2. The molecule has 4 nitrogen and oxygen atoms in total. The van der Waals surface area contributed by atoms with Crippen LogP contribution in [0.2, 0.25) is 0 Å². The number of rotatable bonds is 2. The van der Waals surface area contributed by atoms with Crippen LogP contribution in [0, 0.1) is 0 Å². The number of aliphatic hydroxyl groups excluding tert-OH is 1. The topological polar surface area (TPSA) is 59.2 Å². The maximum Gasteiger partial charge on any atom is 0.183 e. The van der Waals surface area contributed by atoms with Crippen molar-refractivity contribution in [3.8, 4) is 0 Å². The van der Waals surface area contributed by atoms with Gasteiger partial charge >= 0.3 is 0 Å². The minimum atomic E-state index is -0.902. The number of hydrogen-bond acceptors (Lipinski definition) is 4. The Balaban J connectivity index is 2.32. The van der Waals surface area contributed by atoms with Gasteiger partial charge in [-0.15, -0.1) is 0 Å². The molecule has 2 heterocycles. The molecule has 0 amide bonds. The molecule has 78 valence electrons. The van der Waals surface area contributed by atoms with Crippen molar-refractivity contribution in [2.75, 3.05) is 0 Å². The minimum Gasteiger partial charge on any atom is -0.450 e. The van der Waals surface area contributed by atoms with Gasteiger partial charge in [-0.1, -0.05) is 0 Å². The highest BCUT2D eigenvalue weighted by molar-refractivity contribution is 9.13. The molecule has 0 aliphatic heterocycles. The Kier molecular flexibility index (Phi) is 3.18. The highest BCUT2D eigenvalue weighted by atomic mass is 79.9. The van der Waals surface area contributed by atoms with E-state index in [1.54, 1.807) is 12.3 Å². The van der Waals surface area contributed by atoms with Crippen LogP contribution in [0.25, 0.3) is 0 Å². The normalized spacial score (nSPS) is 12.7. The van der Waals surface area contributed by atoms with Crippen LogP contribution in [0.4, 0.5) is 0 Å². The van der Waals surface area contributed by atoms with Crippen LogP contribution >= 0.6 is 31.9 Å². The SMILES string of the molecule is OC(c1cnccn1)c1cc(Br)c(Br)o1. The lowest BCUT2D eigenvalue weighted by Crippen LogP contribution is -2.00. The summed E-state index contributed by atoms with van der Waals surface area (Å²) in [5, 5.41) is 9.89. The van der Waals surface area contributed by atoms with E-state index in [2.05, 4.69) is 41.8 Å². The molecule has 2 aromatic rings. The monoisotopic (exact) mass is 332 g/mol. The molecule has 0 aliphatic rings. The Labute approximate surface area is 103 Å². The van der Waals surface area contributed by atoms with Crippen molar-refractivity contribution in [2.45, 2.75) is 6.10 Å². The van der Waals surface area contributed by atoms with Gasteiger partial charge in [0.15, 0.2) is 10.8 Å². The predicted octanol–water partition coefficient (Wildman–Crippen LogP) is 2.68. The van der Waals surface area contributed by atoms with Crippen LogP contribution in [0.1, 0.15) is 17.6 Å². The summed E-state index contributed by atoms with van der Waals surface area (Å²) in [7, 11) is 0. The second kappa shape index (κ2) is 4.42. The Morgan fingerprint density at radius 2 is 2.13 bits per heavy atom. The predicted molar refractivity (Wildman–Crippen MR) is 60.2 cm³/mol. The standard InChI is InChI=1S/C9H6Br2N2O2/c10-5-3-7(15-9(5)11)8(14)6-4-12-1-2-13-6/h1-4,8,14H. The van der Waals surface area contributed by atoms with E-state index < -0.39 is 6.10 Å². The molecular formula is C9H6Br2N2O2. The summed E-state index contributed by atoms with van der Waals surface area (Å²) in [5.74, 6) is 0.411. The van der Waals surface area contributed by atoms with Crippen molar-refractivity contribution in [1.29, 1.82) is 0 Å². The number of hydrogen-bond donors (Lipinski definition) is 1. The molecule has 0 aliphatic carbocycles. The van der Waals surface area contributed by atoms with Gasteiger partial charge in [0.25, 0.3) is 0 Å². The first kappa shape index (κ1) is 10.8. The molecule has 0 fully saturated rings. The fraction of sp³-hybridized carbons (Fsp3) is 0.111. The van der Waals surface area contributed by atoms with Gasteiger partial charge in [0, 0.05) is 12.4 Å². The van der Waals surface area contributed by atoms with Crippen LogP contribution in [-0.4, -0.2) is 15.1 Å². The van der Waals surface area contributed by atoms with E-state index in [1.165, 1.54) is 12.4 Å². The first-order chi connectivity index (χ1) is 7.18. The highest BCUT2D eigenvalue weighted by Crippen LogP contribution is 2.31. The third kappa shape index (κ3) is 2.27. The van der Waals surface area contributed by atoms with Crippen molar-refractivity contribution in [2.24, 2.45) is 0 Å². The zero-order valence-corrected chi connectivity index (χ0v) is 10.6. The van der Waals surface area contributed by atoms with Gasteiger partial charge < -0.3 is 9.52 Å². The number of furan rings is 1. The fourth-order valence-electron chi connectivity index (χ4n) is 1.10. The molecule has 0 saturated carbocycles. The van der Waals surface area contributed by atoms with E-state index in [4.69, 9.17) is 4.42 Å². The second-order valence-corrected chi connectivity index (χ2v) is 4.38. The Bertz CT molecular complexity index is 439. The lowest BCUT2D eigenvalue weighted by molar-refractivity contribution is 0.182. The van der Waals surface area contributed by atoms with Gasteiger partial charge in [0.05, 0.1) is 16.4 Å². The summed E-state index contributed by atoms with van der Waals surface area (Å²) in [6.45, 7) is 0. The summed E-state index contributed by atoms with van der Waals surface area (Å²) in [5.41, 5.74) is 0.450. The van der Waals surface area contributed by atoms with Crippen molar-refractivity contribution in [3.05, 3.63) is 45.3 Å². The van der Waals surface area contributed by atoms with E-state index in [0.717, 1.165) is 4.47 Å². The Hall–Kier alpha value is -0.720.